The molecule has 0 unspecified atom stereocenters. The van der Waals surface area contributed by atoms with Gasteiger partial charge in [-0.15, -0.1) is 0 Å². The molecule has 1 fully saturated rings. The summed E-state index contributed by atoms with van der Waals surface area (Å²) < 4.78 is 11.0. The summed E-state index contributed by atoms with van der Waals surface area (Å²) in [6.45, 7) is 2.21. The summed E-state index contributed by atoms with van der Waals surface area (Å²) in [5.41, 5.74) is 4.16. The minimum absolute atomic E-state index is 0.0382. The van der Waals surface area contributed by atoms with Gasteiger partial charge in [0.05, 0.1) is 25.8 Å². The van der Waals surface area contributed by atoms with E-state index in [1.165, 1.54) is 12.0 Å². The molecule has 0 bridgehead atoms. The van der Waals surface area contributed by atoms with Gasteiger partial charge in [0.2, 0.25) is 0 Å². The maximum atomic E-state index is 13.4. The van der Waals surface area contributed by atoms with E-state index in [2.05, 4.69) is 4.98 Å². The second-order valence-electron chi connectivity index (χ2n) is 9.08. The number of nitrogens with zero attached hydrogens (tertiary/aromatic N) is 1. The number of nitrogens with one attached hydrogen (secondary N) is 1. The highest BCUT2D eigenvalue weighted by Crippen LogP contribution is 2.43. The first-order chi connectivity index (χ1) is 17.9. The summed E-state index contributed by atoms with van der Waals surface area (Å²) in [6.07, 6.45) is 2.45. The number of H-pyrrole nitrogens is 1. The molecule has 1 saturated heterocycles. The second-order valence-corrected chi connectivity index (χ2v) is 9.08. The number of aromatic amines is 1. The van der Waals surface area contributed by atoms with Crippen molar-refractivity contribution >= 4 is 28.4 Å². The number of hydrogen-bond acceptors (Lipinski definition) is 5. The molecule has 37 heavy (non-hydrogen) atoms. The lowest BCUT2D eigenvalue weighted by atomic mass is 9.94. The number of rotatable bonds is 7. The van der Waals surface area contributed by atoms with Crippen LogP contribution >= 0.6 is 0 Å². The first-order valence-corrected chi connectivity index (χ1v) is 12.0. The highest BCUT2D eigenvalue weighted by Gasteiger charge is 2.47. The van der Waals surface area contributed by atoms with Crippen LogP contribution in [0.3, 0.4) is 0 Å². The van der Waals surface area contributed by atoms with Gasteiger partial charge in [-0.25, -0.2) is 0 Å². The number of ketones is 1. The zero-order valence-electron chi connectivity index (χ0n) is 20.9. The summed E-state index contributed by atoms with van der Waals surface area (Å²) in [5.74, 6) is -0.555. The SMILES string of the molecule is COc1ccc([C@H]2C(=C(O)c3ccc(C)cc3)C(=O)C(=O)N2CCc2c[nH]c3ccccc23)c(OC)c1. The van der Waals surface area contributed by atoms with E-state index < -0.39 is 17.7 Å². The number of amides is 1. The molecule has 7 nitrogen and oxygen atoms in total. The molecule has 1 aromatic heterocycles. The molecule has 2 heterocycles. The van der Waals surface area contributed by atoms with E-state index in [4.69, 9.17) is 9.47 Å². The van der Waals surface area contributed by atoms with Crippen molar-refractivity contribution in [1.29, 1.82) is 0 Å². The Hall–Kier alpha value is -4.52. The summed E-state index contributed by atoms with van der Waals surface area (Å²) in [4.78, 5) is 31.6. The van der Waals surface area contributed by atoms with Crippen molar-refractivity contribution < 1.29 is 24.2 Å². The molecule has 0 spiro atoms. The molecule has 1 aliphatic rings. The van der Waals surface area contributed by atoms with Gasteiger partial charge in [0.1, 0.15) is 17.3 Å². The summed E-state index contributed by atoms with van der Waals surface area (Å²) in [7, 11) is 3.08. The lowest BCUT2D eigenvalue weighted by molar-refractivity contribution is -0.139. The van der Waals surface area contributed by atoms with Crippen LogP contribution in [0.5, 0.6) is 11.5 Å². The fraction of sp³-hybridized carbons (Fsp3) is 0.200. The van der Waals surface area contributed by atoms with Gasteiger partial charge in [0, 0.05) is 40.8 Å². The number of aromatic nitrogens is 1. The van der Waals surface area contributed by atoms with Crippen molar-refractivity contribution in [2.45, 2.75) is 19.4 Å². The third kappa shape index (κ3) is 4.33. The molecule has 1 amide bonds. The Labute approximate surface area is 214 Å². The molecule has 4 aromatic rings. The number of methoxy groups -OCH3 is 2. The number of aryl methyl sites for hydroxylation is 1. The minimum Gasteiger partial charge on any atom is -0.507 e. The maximum absolute atomic E-state index is 13.4. The van der Waals surface area contributed by atoms with E-state index in [-0.39, 0.29) is 17.9 Å². The molecule has 0 saturated carbocycles. The van der Waals surface area contributed by atoms with Crippen LogP contribution in [0.1, 0.15) is 28.3 Å². The first-order valence-electron chi connectivity index (χ1n) is 12.0. The lowest BCUT2D eigenvalue weighted by Gasteiger charge is -2.27. The van der Waals surface area contributed by atoms with Crippen molar-refractivity contribution in [2.75, 3.05) is 20.8 Å². The van der Waals surface area contributed by atoms with Gasteiger partial charge in [-0.2, -0.15) is 0 Å². The predicted octanol–water partition coefficient (Wildman–Crippen LogP) is 5.16. The van der Waals surface area contributed by atoms with E-state index >= 15 is 0 Å². The number of Topliss-reactive ketones (excluding diaryl/α,β-unsaturated/α-hetero) is 1. The summed E-state index contributed by atoms with van der Waals surface area (Å²) in [5, 5.41) is 12.4. The number of likely N-dealkylation sites (tertiary alicyclic amines) is 1. The molecule has 1 aliphatic heterocycles. The zero-order chi connectivity index (χ0) is 26.1. The minimum atomic E-state index is -0.827. The van der Waals surface area contributed by atoms with E-state index in [0.717, 1.165) is 22.0 Å². The van der Waals surface area contributed by atoms with Crippen LogP contribution in [-0.4, -0.2) is 47.4 Å². The average Bonchev–Trinajstić information content (AvgIpc) is 3.45. The Kier molecular flexibility index (Phi) is 6.44. The largest absolute Gasteiger partial charge is 0.507 e. The summed E-state index contributed by atoms with van der Waals surface area (Å²) >= 11 is 0. The monoisotopic (exact) mass is 496 g/mol. The van der Waals surface area contributed by atoms with E-state index in [9.17, 15) is 14.7 Å². The first kappa shape index (κ1) is 24.2. The second kappa shape index (κ2) is 9.85. The molecular formula is C30H28N2O5. The molecule has 7 heteroatoms. The third-order valence-corrected chi connectivity index (χ3v) is 6.90. The number of hydrogen-bond donors (Lipinski definition) is 2. The van der Waals surface area contributed by atoms with Crippen LogP contribution < -0.4 is 9.47 Å². The standard InChI is InChI=1S/C30H28N2O5/c1-18-8-10-19(11-9-18)28(33)26-27(23-13-12-21(36-2)16-25(23)37-3)32(30(35)29(26)34)15-14-20-17-31-24-7-5-4-6-22(20)24/h4-13,16-17,27,31,33H,14-15H2,1-3H3/t27-/m0/s1. The van der Waals surface area contributed by atoms with Gasteiger partial charge in [0.15, 0.2) is 0 Å². The van der Waals surface area contributed by atoms with E-state index in [0.29, 0.717) is 29.0 Å². The number of carbonyl (C=O) groups excluding carboxylic acids is 2. The number of aliphatic hydroxyl groups excluding tert-OH is 1. The van der Waals surface area contributed by atoms with Crippen molar-refractivity contribution in [3.63, 3.8) is 0 Å². The average molecular weight is 497 g/mol. The molecule has 5 rings (SSSR count). The normalized spacial score (nSPS) is 16.9. The highest BCUT2D eigenvalue weighted by atomic mass is 16.5. The van der Waals surface area contributed by atoms with Crippen molar-refractivity contribution in [2.24, 2.45) is 0 Å². The predicted molar refractivity (Wildman–Crippen MR) is 142 cm³/mol. The van der Waals surface area contributed by atoms with E-state index in [1.807, 2.05) is 49.5 Å². The van der Waals surface area contributed by atoms with Crippen molar-refractivity contribution in [3.8, 4) is 11.5 Å². The Bertz CT molecular complexity index is 1520. The molecular weight excluding hydrogens is 468 g/mol. The van der Waals surface area contributed by atoms with Crippen molar-refractivity contribution in [1.82, 2.24) is 9.88 Å². The molecule has 0 aliphatic carbocycles. The molecule has 3 aromatic carbocycles. The number of fused-ring (bicyclic) bond motifs is 1. The Morgan fingerprint density at radius 3 is 2.49 bits per heavy atom. The fourth-order valence-electron chi connectivity index (χ4n) is 4.92. The smallest absolute Gasteiger partial charge is 0.295 e. The molecule has 2 N–H and O–H groups in total. The number of carbonyl (C=O) groups is 2. The van der Waals surface area contributed by atoms with Crippen LogP contribution in [-0.2, 0) is 16.0 Å². The number of aliphatic hydroxyl groups is 1. The van der Waals surface area contributed by atoms with Crippen LogP contribution in [0.2, 0.25) is 0 Å². The summed E-state index contributed by atoms with van der Waals surface area (Å²) in [6, 6.07) is 19.5. The maximum Gasteiger partial charge on any atom is 0.295 e. The van der Waals surface area contributed by atoms with Gasteiger partial charge >= 0.3 is 0 Å². The van der Waals surface area contributed by atoms with Crippen LogP contribution in [0, 0.1) is 6.92 Å². The molecule has 188 valence electrons. The van der Waals surface area contributed by atoms with Gasteiger partial charge in [-0.05, 0) is 37.1 Å². The van der Waals surface area contributed by atoms with Crippen molar-refractivity contribution in [3.05, 3.63) is 101 Å². The Morgan fingerprint density at radius 1 is 1.00 bits per heavy atom. The topological polar surface area (TPSA) is 91.9 Å². The van der Waals surface area contributed by atoms with Gasteiger partial charge in [-0.1, -0.05) is 48.0 Å². The Balaban J connectivity index is 1.61. The van der Waals surface area contributed by atoms with Crippen LogP contribution in [0.25, 0.3) is 16.7 Å². The van der Waals surface area contributed by atoms with Gasteiger partial charge in [-0.3, -0.25) is 9.59 Å². The van der Waals surface area contributed by atoms with Gasteiger partial charge < -0.3 is 24.5 Å². The highest BCUT2D eigenvalue weighted by molar-refractivity contribution is 6.46. The lowest BCUT2D eigenvalue weighted by Crippen LogP contribution is -2.31. The molecule has 1 atom stereocenters. The fourth-order valence-corrected chi connectivity index (χ4v) is 4.92. The zero-order valence-corrected chi connectivity index (χ0v) is 20.9. The quantitative estimate of drug-likeness (QED) is 0.210. The van der Waals surface area contributed by atoms with Crippen LogP contribution in [0.4, 0.5) is 0 Å². The van der Waals surface area contributed by atoms with E-state index in [1.54, 1.807) is 37.4 Å². The third-order valence-electron chi connectivity index (χ3n) is 6.90. The van der Waals surface area contributed by atoms with Crippen LogP contribution in [0.15, 0.2) is 78.5 Å². The number of ether oxygens (including phenoxy) is 2. The molecule has 0 radical (unpaired) electrons. The van der Waals surface area contributed by atoms with Gasteiger partial charge in [0.25, 0.3) is 11.7 Å². The number of benzene rings is 3. The number of para-hydroxylation sites is 1. The Morgan fingerprint density at radius 2 is 1.76 bits per heavy atom.